The molecular formula is C14H25N3O4. The summed E-state index contributed by atoms with van der Waals surface area (Å²) in [5, 5.41) is 13.5. The van der Waals surface area contributed by atoms with Gasteiger partial charge in [0.15, 0.2) is 0 Å². The van der Waals surface area contributed by atoms with Crippen LogP contribution in [0.2, 0.25) is 0 Å². The van der Waals surface area contributed by atoms with Crippen LogP contribution in [0.25, 0.3) is 0 Å². The van der Waals surface area contributed by atoms with Gasteiger partial charge in [0.25, 0.3) is 5.91 Å². The Morgan fingerprint density at radius 3 is 2.14 bits per heavy atom. The molecule has 7 heteroatoms. The first-order valence-electron chi connectivity index (χ1n) is 7.05. The van der Waals surface area contributed by atoms with Crippen molar-refractivity contribution in [1.82, 2.24) is 15.5 Å². The quantitative estimate of drug-likeness (QED) is 0.580. The molecule has 0 atom stereocenters. The van der Waals surface area contributed by atoms with Crippen LogP contribution in [0.1, 0.15) is 34.1 Å². The second kappa shape index (κ2) is 9.93. The van der Waals surface area contributed by atoms with Crippen molar-refractivity contribution >= 4 is 17.9 Å². The lowest BCUT2D eigenvalue weighted by molar-refractivity contribution is -0.133. The van der Waals surface area contributed by atoms with E-state index in [9.17, 15) is 14.4 Å². The molecule has 0 aromatic rings. The van der Waals surface area contributed by atoms with E-state index in [0.717, 1.165) is 19.5 Å². The first-order chi connectivity index (χ1) is 9.83. The topological polar surface area (TPSA) is 98.7 Å². The van der Waals surface area contributed by atoms with Crippen molar-refractivity contribution < 1.29 is 19.5 Å². The van der Waals surface area contributed by atoms with Gasteiger partial charge < -0.3 is 15.3 Å². The van der Waals surface area contributed by atoms with Crippen molar-refractivity contribution in [2.24, 2.45) is 0 Å². The van der Waals surface area contributed by atoms with Gasteiger partial charge in [0.05, 0.1) is 0 Å². The van der Waals surface area contributed by atoms with Crippen molar-refractivity contribution in [2.75, 3.05) is 26.2 Å². The van der Waals surface area contributed by atoms with E-state index in [1.54, 1.807) is 0 Å². The van der Waals surface area contributed by atoms with Crippen LogP contribution >= 0.6 is 0 Å². The Labute approximate surface area is 125 Å². The lowest BCUT2D eigenvalue weighted by Gasteiger charge is -2.19. The van der Waals surface area contributed by atoms with Gasteiger partial charge in [-0.25, -0.2) is 9.59 Å². The molecule has 0 aromatic heterocycles. The first kappa shape index (κ1) is 19.1. The van der Waals surface area contributed by atoms with Gasteiger partial charge in [0.2, 0.25) is 0 Å². The molecule has 0 fully saturated rings. The lowest BCUT2D eigenvalue weighted by Crippen LogP contribution is -2.43. The number of carbonyl (C=O) groups excluding carboxylic acids is 2. The number of imide groups is 1. The molecule has 3 amide bonds. The number of rotatable bonds is 8. The minimum absolute atomic E-state index is 0.0128. The molecule has 0 radical (unpaired) electrons. The van der Waals surface area contributed by atoms with Crippen molar-refractivity contribution in [2.45, 2.75) is 34.1 Å². The van der Waals surface area contributed by atoms with Crippen LogP contribution in [0.15, 0.2) is 11.1 Å². The van der Waals surface area contributed by atoms with Crippen LogP contribution < -0.4 is 10.6 Å². The number of likely N-dealkylation sites (N-methyl/N-ethyl adjacent to an activating group) is 1. The van der Waals surface area contributed by atoms with Crippen molar-refractivity contribution in [3.63, 3.8) is 0 Å². The lowest BCUT2D eigenvalue weighted by atomic mass is 10.1. The van der Waals surface area contributed by atoms with E-state index in [1.807, 2.05) is 6.92 Å². The number of carboxylic acids is 1. The van der Waals surface area contributed by atoms with Gasteiger partial charge in [0, 0.05) is 24.2 Å². The van der Waals surface area contributed by atoms with E-state index in [1.165, 1.54) is 13.8 Å². The van der Waals surface area contributed by atoms with Crippen molar-refractivity contribution in [3.8, 4) is 0 Å². The molecule has 0 aliphatic rings. The molecule has 0 unspecified atom stereocenters. The highest BCUT2D eigenvalue weighted by Crippen LogP contribution is 2.03. The number of hydrogen-bond donors (Lipinski definition) is 3. The van der Waals surface area contributed by atoms with Gasteiger partial charge >= 0.3 is 12.0 Å². The summed E-state index contributed by atoms with van der Waals surface area (Å²) in [6.45, 7) is 9.80. The predicted molar refractivity (Wildman–Crippen MR) is 80.0 cm³/mol. The highest BCUT2D eigenvalue weighted by Gasteiger charge is 2.15. The average Bonchev–Trinajstić information content (AvgIpc) is 2.44. The molecule has 120 valence electrons. The summed E-state index contributed by atoms with van der Waals surface area (Å²) in [4.78, 5) is 36.1. The predicted octanol–water partition coefficient (Wildman–Crippen LogP) is 0.965. The summed E-state index contributed by atoms with van der Waals surface area (Å²) in [5.41, 5.74) is -0.0702. The number of carboxylic acid groups (broad SMARTS) is 1. The number of amides is 3. The SMILES string of the molecule is CCCN(CC)CCNC(=O)NC(=O)C(C)=C(C)C(=O)O. The fourth-order valence-corrected chi connectivity index (χ4v) is 1.64. The third kappa shape index (κ3) is 7.45. The molecule has 0 spiro atoms. The molecular weight excluding hydrogens is 274 g/mol. The second-order valence-corrected chi connectivity index (χ2v) is 4.70. The van der Waals surface area contributed by atoms with Crippen molar-refractivity contribution in [3.05, 3.63) is 11.1 Å². The maximum Gasteiger partial charge on any atom is 0.331 e. The molecule has 0 saturated heterocycles. The Balaban J connectivity index is 4.24. The highest BCUT2D eigenvalue weighted by atomic mass is 16.4. The maximum absolute atomic E-state index is 11.7. The Bertz CT molecular complexity index is 418. The largest absolute Gasteiger partial charge is 0.478 e. The first-order valence-corrected chi connectivity index (χ1v) is 7.05. The minimum Gasteiger partial charge on any atom is -0.478 e. The Morgan fingerprint density at radius 1 is 1.05 bits per heavy atom. The van der Waals surface area contributed by atoms with Crippen LogP contribution in [0, 0.1) is 0 Å². The normalized spacial score (nSPS) is 11.9. The molecule has 0 heterocycles. The maximum atomic E-state index is 11.7. The van der Waals surface area contributed by atoms with E-state index in [4.69, 9.17) is 5.11 Å². The summed E-state index contributed by atoms with van der Waals surface area (Å²) >= 11 is 0. The van der Waals surface area contributed by atoms with E-state index in [0.29, 0.717) is 13.1 Å². The fraction of sp³-hybridized carbons (Fsp3) is 0.643. The zero-order valence-electron chi connectivity index (χ0n) is 13.2. The third-order valence-electron chi connectivity index (χ3n) is 3.15. The average molecular weight is 299 g/mol. The molecule has 0 bridgehead atoms. The monoisotopic (exact) mass is 299 g/mol. The molecule has 3 N–H and O–H groups in total. The summed E-state index contributed by atoms with van der Waals surface area (Å²) in [6.07, 6.45) is 1.04. The molecule has 0 aromatic carbocycles. The molecule has 21 heavy (non-hydrogen) atoms. The van der Waals surface area contributed by atoms with Gasteiger partial charge in [-0.15, -0.1) is 0 Å². The number of aliphatic carboxylic acids is 1. The van der Waals surface area contributed by atoms with Crippen LogP contribution in [0.4, 0.5) is 4.79 Å². The van der Waals surface area contributed by atoms with Gasteiger partial charge in [-0.3, -0.25) is 10.1 Å². The molecule has 0 aliphatic carbocycles. The fourth-order valence-electron chi connectivity index (χ4n) is 1.64. The second-order valence-electron chi connectivity index (χ2n) is 4.70. The van der Waals surface area contributed by atoms with Gasteiger partial charge in [-0.2, -0.15) is 0 Å². The molecule has 0 aliphatic heterocycles. The third-order valence-corrected chi connectivity index (χ3v) is 3.15. The summed E-state index contributed by atoms with van der Waals surface area (Å²) in [7, 11) is 0. The molecule has 0 saturated carbocycles. The van der Waals surface area contributed by atoms with Gasteiger partial charge in [-0.05, 0) is 33.4 Å². The van der Waals surface area contributed by atoms with E-state index >= 15 is 0 Å². The van der Waals surface area contributed by atoms with Crippen LogP contribution in [0.3, 0.4) is 0 Å². The number of nitrogens with one attached hydrogen (secondary N) is 2. The minimum atomic E-state index is -1.18. The Hall–Kier alpha value is -1.89. The smallest absolute Gasteiger partial charge is 0.331 e. The van der Waals surface area contributed by atoms with E-state index < -0.39 is 17.9 Å². The summed E-state index contributed by atoms with van der Waals surface area (Å²) in [6, 6.07) is -0.620. The van der Waals surface area contributed by atoms with Gasteiger partial charge in [-0.1, -0.05) is 13.8 Å². The summed E-state index contributed by atoms with van der Waals surface area (Å²) in [5.74, 6) is -1.88. The van der Waals surface area contributed by atoms with E-state index in [2.05, 4.69) is 22.5 Å². The van der Waals surface area contributed by atoms with Crippen molar-refractivity contribution in [1.29, 1.82) is 0 Å². The number of nitrogens with zero attached hydrogens (tertiary/aromatic N) is 1. The van der Waals surface area contributed by atoms with Crippen LogP contribution in [-0.2, 0) is 9.59 Å². The zero-order chi connectivity index (χ0) is 16.4. The Kier molecular flexibility index (Phi) is 9.03. The number of hydrogen-bond acceptors (Lipinski definition) is 4. The van der Waals surface area contributed by atoms with Crippen LogP contribution in [0.5, 0.6) is 0 Å². The van der Waals surface area contributed by atoms with Gasteiger partial charge in [0.1, 0.15) is 0 Å². The molecule has 0 rings (SSSR count). The van der Waals surface area contributed by atoms with E-state index in [-0.39, 0.29) is 11.1 Å². The highest BCUT2D eigenvalue weighted by molar-refractivity contribution is 6.07. The summed E-state index contributed by atoms with van der Waals surface area (Å²) < 4.78 is 0. The standard InChI is InChI=1S/C14H25N3O4/c1-5-8-17(6-2)9-7-15-14(21)16-12(18)10(3)11(4)13(19)20/h5-9H2,1-4H3,(H,19,20)(H2,15,16,18,21). The molecule has 7 nitrogen and oxygen atoms in total. The number of carbonyl (C=O) groups is 3. The Morgan fingerprint density at radius 2 is 1.67 bits per heavy atom. The number of urea groups is 1. The zero-order valence-corrected chi connectivity index (χ0v) is 13.2. The van der Waals surface area contributed by atoms with Crippen LogP contribution in [-0.4, -0.2) is 54.1 Å².